The van der Waals surface area contributed by atoms with E-state index in [2.05, 4.69) is 20.9 Å². The highest BCUT2D eigenvalue weighted by Crippen LogP contribution is 2.31. The molecule has 0 N–H and O–H groups in total. The maximum absolute atomic E-state index is 12.8. The molecule has 2 aromatic carbocycles. The number of benzene rings is 2. The molecule has 0 saturated carbocycles. The molecule has 0 fully saturated rings. The van der Waals surface area contributed by atoms with Gasteiger partial charge in [0, 0.05) is 15.9 Å². The zero-order chi connectivity index (χ0) is 17.3. The number of rotatable bonds is 3. The van der Waals surface area contributed by atoms with E-state index in [-0.39, 0.29) is 0 Å². The predicted octanol–water partition coefficient (Wildman–Crippen LogP) is 6.44. The summed E-state index contributed by atoms with van der Waals surface area (Å²) in [6, 6.07) is 10.1. The smallest absolute Gasteiger partial charge is 0.416 e. The molecule has 0 radical (unpaired) electrons. The molecule has 0 aliphatic rings. The lowest BCUT2D eigenvalue weighted by atomic mass is 10.1. The fourth-order valence-corrected chi connectivity index (χ4v) is 2.77. The molecule has 0 aliphatic heterocycles. The number of nitrogens with zero attached hydrogens (tertiary/aromatic N) is 1. The SMILES string of the molecule is FC(F)(F)c1cccc(/C=C(/CBr)c2nc3cc(Cl)ccc3o2)c1. The molecule has 0 amide bonds. The average Bonchev–Trinajstić information content (AvgIpc) is 2.95. The van der Waals surface area contributed by atoms with Crippen molar-refractivity contribution in [1.29, 1.82) is 0 Å². The molecule has 0 unspecified atom stereocenters. The molecule has 3 rings (SSSR count). The van der Waals surface area contributed by atoms with Gasteiger partial charge in [0.25, 0.3) is 0 Å². The van der Waals surface area contributed by atoms with Gasteiger partial charge < -0.3 is 4.42 Å². The van der Waals surface area contributed by atoms with Crippen molar-refractivity contribution in [2.45, 2.75) is 6.18 Å². The Morgan fingerprint density at radius 3 is 2.71 bits per heavy atom. The van der Waals surface area contributed by atoms with Crippen molar-refractivity contribution in [2.24, 2.45) is 0 Å². The van der Waals surface area contributed by atoms with Gasteiger partial charge in [-0.15, -0.1) is 0 Å². The fraction of sp³-hybridized carbons (Fsp3) is 0.118. The van der Waals surface area contributed by atoms with E-state index in [1.54, 1.807) is 30.3 Å². The molecule has 0 aliphatic carbocycles. The van der Waals surface area contributed by atoms with Gasteiger partial charge in [0.2, 0.25) is 5.89 Å². The molecule has 24 heavy (non-hydrogen) atoms. The first-order valence-corrected chi connectivity index (χ1v) is 8.37. The van der Waals surface area contributed by atoms with Gasteiger partial charge in [-0.05, 0) is 42.0 Å². The van der Waals surface area contributed by atoms with E-state index >= 15 is 0 Å². The topological polar surface area (TPSA) is 26.0 Å². The summed E-state index contributed by atoms with van der Waals surface area (Å²) < 4.78 is 44.1. The number of aromatic nitrogens is 1. The molecule has 2 nitrogen and oxygen atoms in total. The zero-order valence-corrected chi connectivity index (χ0v) is 14.4. The van der Waals surface area contributed by atoms with Crippen molar-refractivity contribution in [3.05, 3.63) is 64.5 Å². The van der Waals surface area contributed by atoms with Crippen molar-refractivity contribution in [3.8, 4) is 0 Å². The highest BCUT2D eigenvalue weighted by atomic mass is 79.9. The number of hydrogen-bond acceptors (Lipinski definition) is 2. The summed E-state index contributed by atoms with van der Waals surface area (Å²) in [5.74, 6) is 0.335. The van der Waals surface area contributed by atoms with Crippen LogP contribution >= 0.6 is 27.5 Å². The molecule has 124 valence electrons. The van der Waals surface area contributed by atoms with Crippen molar-refractivity contribution in [3.63, 3.8) is 0 Å². The van der Waals surface area contributed by atoms with E-state index in [0.29, 0.717) is 38.5 Å². The molecule has 1 heterocycles. The van der Waals surface area contributed by atoms with E-state index in [0.717, 1.165) is 12.1 Å². The Balaban J connectivity index is 2.02. The maximum Gasteiger partial charge on any atom is 0.416 e. The number of alkyl halides is 4. The van der Waals surface area contributed by atoms with Crippen LogP contribution in [-0.4, -0.2) is 10.3 Å². The van der Waals surface area contributed by atoms with Crippen LogP contribution in [0.15, 0.2) is 46.9 Å². The molecule has 0 atom stereocenters. The van der Waals surface area contributed by atoms with Crippen LogP contribution in [0.25, 0.3) is 22.7 Å². The standard InChI is InChI=1S/C17H10BrClF3NO/c18-9-11(6-10-2-1-3-12(7-10)17(20,21)22)16-23-14-8-13(19)4-5-15(14)24-16/h1-8H,9H2/b11-6-. The van der Waals surface area contributed by atoms with E-state index in [9.17, 15) is 13.2 Å². The van der Waals surface area contributed by atoms with Crippen LogP contribution in [0.4, 0.5) is 13.2 Å². The van der Waals surface area contributed by atoms with Gasteiger partial charge in [0.15, 0.2) is 5.58 Å². The minimum absolute atomic E-state index is 0.335. The van der Waals surface area contributed by atoms with Crippen molar-refractivity contribution in [1.82, 2.24) is 4.98 Å². The van der Waals surface area contributed by atoms with Crippen molar-refractivity contribution in [2.75, 3.05) is 5.33 Å². The molecule has 0 spiro atoms. The predicted molar refractivity (Wildman–Crippen MR) is 92.1 cm³/mol. The molecule has 7 heteroatoms. The first-order valence-electron chi connectivity index (χ1n) is 6.87. The Morgan fingerprint density at radius 1 is 1.21 bits per heavy atom. The van der Waals surface area contributed by atoms with Gasteiger partial charge >= 0.3 is 6.18 Å². The van der Waals surface area contributed by atoms with Gasteiger partial charge in [-0.3, -0.25) is 0 Å². The summed E-state index contributed by atoms with van der Waals surface area (Å²) in [5, 5.41) is 0.911. The van der Waals surface area contributed by atoms with Crippen LogP contribution in [0, 0.1) is 0 Å². The van der Waals surface area contributed by atoms with Crippen LogP contribution in [-0.2, 0) is 6.18 Å². The minimum atomic E-state index is -4.38. The summed E-state index contributed by atoms with van der Waals surface area (Å²) in [6.45, 7) is 0. The summed E-state index contributed by atoms with van der Waals surface area (Å²) in [6.07, 6.45) is -2.77. The molecule has 3 aromatic rings. The van der Waals surface area contributed by atoms with Crippen LogP contribution in [0.2, 0.25) is 5.02 Å². The number of fused-ring (bicyclic) bond motifs is 1. The number of oxazole rings is 1. The van der Waals surface area contributed by atoms with E-state index in [1.807, 2.05) is 0 Å². The lowest BCUT2D eigenvalue weighted by Crippen LogP contribution is -2.04. The minimum Gasteiger partial charge on any atom is -0.436 e. The number of allylic oxidation sites excluding steroid dienone is 1. The Kier molecular flexibility index (Phi) is 4.69. The second kappa shape index (κ2) is 6.61. The summed E-state index contributed by atoms with van der Waals surface area (Å²) in [4.78, 5) is 4.34. The summed E-state index contributed by atoms with van der Waals surface area (Å²) >= 11 is 9.24. The van der Waals surface area contributed by atoms with Gasteiger partial charge in [-0.2, -0.15) is 13.2 Å². The summed E-state index contributed by atoms with van der Waals surface area (Å²) in [7, 11) is 0. The number of hydrogen-bond donors (Lipinski definition) is 0. The normalized spacial score (nSPS) is 12.8. The third kappa shape index (κ3) is 3.65. The fourth-order valence-electron chi connectivity index (χ4n) is 2.20. The van der Waals surface area contributed by atoms with E-state index in [4.69, 9.17) is 16.0 Å². The largest absolute Gasteiger partial charge is 0.436 e. The molecule has 0 saturated heterocycles. The van der Waals surface area contributed by atoms with Gasteiger partial charge in [-0.1, -0.05) is 39.7 Å². The van der Waals surface area contributed by atoms with Crippen LogP contribution in [0.3, 0.4) is 0 Å². The van der Waals surface area contributed by atoms with Crippen molar-refractivity contribution < 1.29 is 17.6 Å². The van der Waals surface area contributed by atoms with E-state index in [1.165, 1.54) is 6.07 Å². The van der Waals surface area contributed by atoms with Crippen molar-refractivity contribution >= 4 is 50.3 Å². The van der Waals surface area contributed by atoms with E-state index < -0.39 is 11.7 Å². The zero-order valence-electron chi connectivity index (χ0n) is 12.1. The van der Waals surface area contributed by atoms with Gasteiger partial charge in [0.1, 0.15) is 5.52 Å². The monoisotopic (exact) mass is 415 g/mol. The Labute approximate surface area is 149 Å². The second-order valence-corrected chi connectivity index (χ2v) is 6.05. The summed E-state index contributed by atoms with van der Waals surface area (Å²) in [5.41, 5.74) is 1.49. The first kappa shape index (κ1) is 17.0. The lowest BCUT2D eigenvalue weighted by molar-refractivity contribution is -0.137. The van der Waals surface area contributed by atoms with Crippen LogP contribution in [0.1, 0.15) is 17.0 Å². The van der Waals surface area contributed by atoms with Crippen LogP contribution < -0.4 is 0 Å². The van der Waals surface area contributed by atoms with Gasteiger partial charge in [-0.25, -0.2) is 4.98 Å². The third-order valence-electron chi connectivity index (χ3n) is 3.32. The molecule has 1 aromatic heterocycles. The first-order chi connectivity index (χ1) is 11.4. The molecular weight excluding hydrogens is 407 g/mol. The van der Waals surface area contributed by atoms with Crippen LogP contribution in [0.5, 0.6) is 0 Å². The molecule has 0 bridgehead atoms. The Morgan fingerprint density at radius 2 is 2.00 bits per heavy atom. The quantitative estimate of drug-likeness (QED) is 0.460. The Bertz CT molecular complexity index is 918. The van der Waals surface area contributed by atoms with Gasteiger partial charge in [0.05, 0.1) is 5.56 Å². The number of halogens is 5. The maximum atomic E-state index is 12.8. The highest BCUT2D eigenvalue weighted by molar-refractivity contribution is 9.09. The lowest BCUT2D eigenvalue weighted by Gasteiger charge is -2.07. The average molecular weight is 417 g/mol. The molecular formula is C17H10BrClF3NO. The third-order valence-corrected chi connectivity index (χ3v) is 4.16. The Hall–Kier alpha value is -1.79. The second-order valence-electron chi connectivity index (χ2n) is 5.06. The highest BCUT2D eigenvalue weighted by Gasteiger charge is 2.30.